The zero-order valence-corrected chi connectivity index (χ0v) is 8.61. The lowest BCUT2D eigenvalue weighted by Gasteiger charge is -2.07. The number of hydrogen-bond donors (Lipinski definition) is 1. The Labute approximate surface area is 86.7 Å². The summed E-state index contributed by atoms with van der Waals surface area (Å²) in [5.41, 5.74) is 1.01. The molecule has 0 aliphatic rings. The Hall–Kier alpha value is -2.02. The lowest BCUT2D eigenvalue weighted by Crippen LogP contribution is -2.07. The van der Waals surface area contributed by atoms with Gasteiger partial charge < -0.3 is 0 Å². The first-order valence-electron chi connectivity index (χ1n) is 4.78. The van der Waals surface area contributed by atoms with Gasteiger partial charge in [-0.15, -0.1) is 0 Å². The normalized spacial score (nSPS) is 10.8. The molecule has 0 bridgehead atoms. The Morgan fingerprint density at radius 2 is 2.20 bits per heavy atom. The SMILES string of the molecule is CC(C)n1[nH]c(=O)c2c(C#N)cccc21. The Kier molecular flexibility index (Phi) is 2.09. The molecule has 4 heteroatoms. The quantitative estimate of drug-likeness (QED) is 0.764. The molecule has 0 radical (unpaired) electrons. The second kappa shape index (κ2) is 3.28. The summed E-state index contributed by atoms with van der Waals surface area (Å²) in [7, 11) is 0. The van der Waals surface area contributed by atoms with Crippen molar-refractivity contribution >= 4 is 10.9 Å². The number of aromatic nitrogens is 2. The van der Waals surface area contributed by atoms with Crippen LogP contribution in [0.5, 0.6) is 0 Å². The molecule has 2 rings (SSSR count). The molecule has 0 saturated heterocycles. The molecule has 1 N–H and O–H groups in total. The topological polar surface area (TPSA) is 61.6 Å². The second-order valence-corrected chi connectivity index (χ2v) is 3.72. The zero-order chi connectivity index (χ0) is 11.0. The number of hydrogen-bond acceptors (Lipinski definition) is 2. The van der Waals surface area contributed by atoms with Crippen molar-refractivity contribution in [2.24, 2.45) is 0 Å². The van der Waals surface area contributed by atoms with Gasteiger partial charge in [0, 0.05) is 6.04 Å². The van der Waals surface area contributed by atoms with Crippen molar-refractivity contribution in [1.82, 2.24) is 9.78 Å². The molecule has 15 heavy (non-hydrogen) atoms. The molecule has 0 unspecified atom stereocenters. The van der Waals surface area contributed by atoms with Crippen LogP contribution in [0.2, 0.25) is 0 Å². The fraction of sp³-hybridized carbons (Fsp3) is 0.273. The first-order valence-corrected chi connectivity index (χ1v) is 4.78. The molecule has 4 nitrogen and oxygen atoms in total. The largest absolute Gasteiger partial charge is 0.282 e. The van der Waals surface area contributed by atoms with E-state index in [0.717, 1.165) is 5.52 Å². The Morgan fingerprint density at radius 1 is 1.47 bits per heavy atom. The maximum atomic E-state index is 11.7. The molecular weight excluding hydrogens is 190 g/mol. The lowest BCUT2D eigenvalue weighted by molar-refractivity contribution is 0.546. The third-order valence-corrected chi connectivity index (χ3v) is 2.39. The summed E-state index contributed by atoms with van der Waals surface area (Å²) in [5.74, 6) is 0. The highest BCUT2D eigenvalue weighted by Crippen LogP contribution is 2.17. The maximum absolute atomic E-state index is 11.7. The van der Waals surface area contributed by atoms with Crippen molar-refractivity contribution in [3.63, 3.8) is 0 Å². The number of nitrogens with zero attached hydrogens (tertiary/aromatic N) is 2. The molecule has 0 spiro atoms. The van der Waals surface area contributed by atoms with Gasteiger partial charge in [-0.05, 0) is 26.0 Å². The van der Waals surface area contributed by atoms with E-state index in [9.17, 15) is 4.79 Å². The molecule has 1 heterocycles. The first kappa shape index (κ1) is 9.53. The number of fused-ring (bicyclic) bond motifs is 1. The number of benzene rings is 1. The highest BCUT2D eigenvalue weighted by atomic mass is 16.1. The minimum absolute atomic E-state index is 0.171. The Balaban J connectivity index is 2.94. The van der Waals surface area contributed by atoms with Crippen LogP contribution in [0, 0.1) is 11.3 Å². The maximum Gasteiger partial charge on any atom is 0.273 e. The molecule has 0 aliphatic heterocycles. The molecule has 1 aromatic heterocycles. The zero-order valence-electron chi connectivity index (χ0n) is 8.61. The molecule has 0 fully saturated rings. The van der Waals surface area contributed by atoms with E-state index in [-0.39, 0.29) is 11.6 Å². The Bertz CT molecular complexity index is 598. The van der Waals surface area contributed by atoms with Gasteiger partial charge in [-0.3, -0.25) is 14.6 Å². The van der Waals surface area contributed by atoms with Crippen LogP contribution in [-0.2, 0) is 0 Å². The van der Waals surface area contributed by atoms with Crippen molar-refractivity contribution in [2.75, 3.05) is 0 Å². The van der Waals surface area contributed by atoms with Crippen LogP contribution >= 0.6 is 0 Å². The van der Waals surface area contributed by atoms with Gasteiger partial charge in [0.05, 0.1) is 16.5 Å². The van der Waals surface area contributed by atoms with Crippen molar-refractivity contribution in [2.45, 2.75) is 19.9 Å². The van der Waals surface area contributed by atoms with E-state index in [0.29, 0.717) is 10.9 Å². The molecule has 0 aliphatic carbocycles. The van der Waals surface area contributed by atoms with E-state index in [1.54, 1.807) is 16.8 Å². The number of aromatic amines is 1. The van der Waals surface area contributed by atoms with Gasteiger partial charge >= 0.3 is 0 Å². The van der Waals surface area contributed by atoms with Crippen LogP contribution in [0.1, 0.15) is 25.5 Å². The van der Waals surface area contributed by atoms with E-state index >= 15 is 0 Å². The van der Waals surface area contributed by atoms with E-state index in [1.807, 2.05) is 26.0 Å². The van der Waals surface area contributed by atoms with Crippen LogP contribution in [0.3, 0.4) is 0 Å². The summed E-state index contributed by atoms with van der Waals surface area (Å²) in [4.78, 5) is 11.7. The van der Waals surface area contributed by atoms with Crippen LogP contribution in [0.15, 0.2) is 23.0 Å². The number of rotatable bonds is 1. The summed E-state index contributed by atoms with van der Waals surface area (Å²) in [6.07, 6.45) is 0. The molecule has 76 valence electrons. The van der Waals surface area contributed by atoms with Crippen molar-refractivity contribution in [1.29, 1.82) is 5.26 Å². The third kappa shape index (κ3) is 1.33. The summed E-state index contributed by atoms with van der Waals surface area (Å²) >= 11 is 0. The van der Waals surface area contributed by atoms with Crippen molar-refractivity contribution in [3.8, 4) is 6.07 Å². The lowest BCUT2D eigenvalue weighted by atomic mass is 10.1. The monoisotopic (exact) mass is 201 g/mol. The van der Waals surface area contributed by atoms with Crippen LogP contribution < -0.4 is 5.56 Å². The number of H-pyrrole nitrogens is 1. The third-order valence-electron chi connectivity index (χ3n) is 2.39. The molecule has 0 atom stereocenters. The van der Waals surface area contributed by atoms with Crippen LogP contribution in [0.4, 0.5) is 0 Å². The number of nitriles is 1. The smallest absolute Gasteiger partial charge is 0.273 e. The second-order valence-electron chi connectivity index (χ2n) is 3.72. The minimum Gasteiger partial charge on any atom is -0.282 e. The molecule has 2 aromatic rings. The average molecular weight is 201 g/mol. The van der Waals surface area contributed by atoms with Gasteiger partial charge in [0.25, 0.3) is 5.56 Å². The Morgan fingerprint density at radius 3 is 2.80 bits per heavy atom. The van der Waals surface area contributed by atoms with E-state index in [4.69, 9.17) is 5.26 Å². The highest BCUT2D eigenvalue weighted by molar-refractivity contribution is 5.84. The van der Waals surface area contributed by atoms with Gasteiger partial charge in [-0.25, -0.2) is 0 Å². The average Bonchev–Trinajstić information content (AvgIpc) is 2.56. The summed E-state index contributed by atoms with van der Waals surface area (Å²) in [5, 5.41) is 12.1. The summed E-state index contributed by atoms with van der Waals surface area (Å²) < 4.78 is 1.78. The van der Waals surface area contributed by atoms with Gasteiger partial charge in [0.1, 0.15) is 6.07 Å². The van der Waals surface area contributed by atoms with Gasteiger partial charge in [-0.2, -0.15) is 5.26 Å². The predicted molar refractivity (Wildman–Crippen MR) is 57.7 cm³/mol. The van der Waals surface area contributed by atoms with Crippen molar-refractivity contribution < 1.29 is 0 Å². The fourth-order valence-corrected chi connectivity index (χ4v) is 1.71. The van der Waals surface area contributed by atoms with E-state index in [1.165, 1.54) is 0 Å². The molecule has 1 aromatic carbocycles. The van der Waals surface area contributed by atoms with Crippen molar-refractivity contribution in [3.05, 3.63) is 34.1 Å². The van der Waals surface area contributed by atoms with Crippen LogP contribution in [0.25, 0.3) is 10.9 Å². The van der Waals surface area contributed by atoms with Gasteiger partial charge in [-0.1, -0.05) is 6.07 Å². The van der Waals surface area contributed by atoms with E-state index < -0.39 is 0 Å². The first-order chi connectivity index (χ1) is 7.15. The van der Waals surface area contributed by atoms with Gasteiger partial charge in [0.2, 0.25) is 0 Å². The molecular formula is C11H11N3O. The molecule has 0 amide bonds. The predicted octanol–water partition coefficient (Wildman–Crippen LogP) is 1.78. The minimum atomic E-state index is -0.198. The molecule has 0 saturated carbocycles. The van der Waals surface area contributed by atoms with E-state index in [2.05, 4.69) is 5.10 Å². The fourth-order valence-electron chi connectivity index (χ4n) is 1.71. The van der Waals surface area contributed by atoms with Gasteiger partial charge in [0.15, 0.2) is 0 Å². The standard InChI is InChI=1S/C11H11N3O/c1-7(2)14-9-5-3-4-8(6-12)10(9)11(15)13-14/h3-5,7H,1-2H3,(H,13,15). The highest BCUT2D eigenvalue weighted by Gasteiger charge is 2.11. The van der Waals surface area contributed by atoms with Crippen LogP contribution in [-0.4, -0.2) is 9.78 Å². The summed E-state index contributed by atoms with van der Waals surface area (Å²) in [6.45, 7) is 3.96. The summed E-state index contributed by atoms with van der Waals surface area (Å²) in [6, 6.07) is 7.48. The number of nitrogens with one attached hydrogen (secondary N) is 1.